The van der Waals surface area contributed by atoms with Crippen molar-refractivity contribution in [3.63, 3.8) is 0 Å². The van der Waals surface area contributed by atoms with Crippen molar-refractivity contribution in [1.82, 2.24) is 20.3 Å². The number of aromatic nitrogens is 3. The van der Waals surface area contributed by atoms with Crippen LogP contribution in [0.15, 0.2) is 54.3 Å². The zero-order valence-corrected chi connectivity index (χ0v) is 12.5. The third-order valence-corrected chi connectivity index (χ3v) is 4.21. The first-order valence-electron chi connectivity index (χ1n) is 6.80. The molecule has 0 amide bonds. The molecule has 2 aromatic heterocycles. The highest BCUT2D eigenvalue weighted by Crippen LogP contribution is 2.24. The van der Waals surface area contributed by atoms with Gasteiger partial charge in [0, 0.05) is 30.2 Å². The summed E-state index contributed by atoms with van der Waals surface area (Å²) in [5.74, 6) is 0. The molecule has 0 bridgehead atoms. The van der Waals surface area contributed by atoms with E-state index in [1.54, 1.807) is 29.9 Å². The highest BCUT2D eigenvalue weighted by Gasteiger charge is 2.13. The first-order valence-corrected chi connectivity index (χ1v) is 7.68. The summed E-state index contributed by atoms with van der Waals surface area (Å²) in [4.78, 5) is 13.0. The molecule has 0 fully saturated rings. The summed E-state index contributed by atoms with van der Waals surface area (Å²) in [6.07, 6.45) is 5.97. The van der Waals surface area contributed by atoms with Crippen LogP contribution in [0.25, 0.3) is 10.7 Å². The fraction of sp³-hybridized carbons (Fsp3) is 0.188. The van der Waals surface area contributed by atoms with Gasteiger partial charge in [-0.2, -0.15) is 0 Å². The van der Waals surface area contributed by atoms with Crippen LogP contribution in [-0.2, 0) is 6.42 Å². The quantitative estimate of drug-likeness (QED) is 0.786. The lowest BCUT2D eigenvalue weighted by molar-refractivity contribution is 0.586. The van der Waals surface area contributed by atoms with E-state index in [1.807, 2.05) is 13.1 Å². The lowest BCUT2D eigenvalue weighted by Crippen LogP contribution is -2.18. The second-order valence-electron chi connectivity index (χ2n) is 4.69. The molecule has 0 saturated carbocycles. The third-order valence-electron chi connectivity index (χ3n) is 3.30. The van der Waals surface area contributed by atoms with Crippen molar-refractivity contribution >= 4 is 11.3 Å². The summed E-state index contributed by atoms with van der Waals surface area (Å²) in [6, 6.07) is 10.7. The standard InChI is InChI=1S/C16H16N4S/c1-17-14(12-5-3-2-4-6-12)9-13-11-21-16(20-13)15-10-18-7-8-19-15/h2-8,10-11,14,17H,9H2,1H3. The zero-order valence-electron chi connectivity index (χ0n) is 11.7. The summed E-state index contributed by atoms with van der Waals surface area (Å²) in [6.45, 7) is 0. The average molecular weight is 296 g/mol. The van der Waals surface area contributed by atoms with Crippen molar-refractivity contribution in [2.24, 2.45) is 0 Å². The molecule has 1 N–H and O–H groups in total. The molecular weight excluding hydrogens is 280 g/mol. The van der Waals surface area contributed by atoms with E-state index >= 15 is 0 Å². The van der Waals surface area contributed by atoms with Gasteiger partial charge in [0.15, 0.2) is 0 Å². The first kappa shape index (κ1) is 13.9. The number of nitrogens with zero attached hydrogens (tertiary/aromatic N) is 3. The Bertz CT molecular complexity index is 682. The molecule has 21 heavy (non-hydrogen) atoms. The highest BCUT2D eigenvalue weighted by atomic mass is 32.1. The number of likely N-dealkylation sites (N-methyl/N-ethyl adjacent to an activating group) is 1. The van der Waals surface area contributed by atoms with Gasteiger partial charge < -0.3 is 5.32 Å². The van der Waals surface area contributed by atoms with Crippen LogP contribution in [0, 0.1) is 0 Å². The van der Waals surface area contributed by atoms with Crippen molar-refractivity contribution in [2.45, 2.75) is 12.5 Å². The Morgan fingerprint density at radius 3 is 2.76 bits per heavy atom. The van der Waals surface area contributed by atoms with Gasteiger partial charge in [-0.25, -0.2) is 4.98 Å². The van der Waals surface area contributed by atoms with E-state index in [4.69, 9.17) is 0 Å². The molecule has 0 aliphatic rings. The van der Waals surface area contributed by atoms with Crippen molar-refractivity contribution < 1.29 is 0 Å². The molecule has 3 aromatic rings. The van der Waals surface area contributed by atoms with E-state index < -0.39 is 0 Å². The molecule has 4 nitrogen and oxygen atoms in total. The minimum absolute atomic E-state index is 0.267. The van der Waals surface area contributed by atoms with Gasteiger partial charge in [-0.3, -0.25) is 9.97 Å². The average Bonchev–Trinajstić information content (AvgIpc) is 3.03. The fourth-order valence-corrected chi connectivity index (χ4v) is 3.00. The van der Waals surface area contributed by atoms with Crippen LogP contribution in [0.3, 0.4) is 0 Å². The lowest BCUT2D eigenvalue weighted by Gasteiger charge is -2.15. The van der Waals surface area contributed by atoms with Crippen molar-refractivity contribution in [2.75, 3.05) is 7.05 Å². The Morgan fingerprint density at radius 1 is 1.19 bits per heavy atom. The Morgan fingerprint density at radius 2 is 2.05 bits per heavy atom. The second-order valence-corrected chi connectivity index (χ2v) is 5.55. The summed E-state index contributed by atoms with van der Waals surface area (Å²) >= 11 is 1.61. The van der Waals surface area contributed by atoms with Crippen LogP contribution in [-0.4, -0.2) is 22.0 Å². The Labute approximate surface area is 127 Å². The molecule has 5 heteroatoms. The maximum absolute atomic E-state index is 4.67. The third kappa shape index (κ3) is 3.32. The van der Waals surface area contributed by atoms with Crippen LogP contribution in [0.5, 0.6) is 0 Å². The van der Waals surface area contributed by atoms with Gasteiger partial charge in [0.05, 0.1) is 11.9 Å². The van der Waals surface area contributed by atoms with E-state index in [9.17, 15) is 0 Å². The molecule has 0 aliphatic heterocycles. The monoisotopic (exact) mass is 296 g/mol. The van der Waals surface area contributed by atoms with Gasteiger partial charge in [0.25, 0.3) is 0 Å². The van der Waals surface area contributed by atoms with Crippen molar-refractivity contribution in [1.29, 1.82) is 0 Å². The predicted octanol–water partition coefficient (Wildman–Crippen LogP) is 3.10. The summed E-state index contributed by atoms with van der Waals surface area (Å²) in [5.41, 5.74) is 3.17. The smallest absolute Gasteiger partial charge is 0.143 e. The first-order chi connectivity index (χ1) is 10.4. The van der Waals surface area contributed by atoms with Gasteiger partial charge >= 0.3 is 0 Å². The minimum atomic E-state index is 0.267. The maximum atomic E-state index is 4.67. The van der Waals surface area contributed by atoms with Crippen LogP contribution in [0.4, 0.5) is 0 Å². The number of thiazole rings is 1. The van der Waals surface area contributed by atoms with Gasteiger partial charge in [-0.1, -0.05) is 30.3 Å². The van der Waals surface area contributed by atoms with Crippen molar-refractivity contribution in [3.05, 3.63) is 65.6 Å². The summed E-state index contributed by atoms with van der Waals surface area (Å²) in [5, 5.41) is 6.36. The van der Waals surface area contributed by atoms with Gasteiger partial charge in [0.1, 0.15) is 10.7 Å². The topological polar surface area (TPSA) is 50.7 Å². The molecule has 106 valence electrons. The number of rotatable bonds is 5. The number of hydrogen-bond acceptors (Lipinski definition) is 5. The van der Waals surface area contributed by atoms with Crippen LogP contribution in [0.2, 0.25) is 0 Å². The Kier molecular flexibility index (Phi) is 4.33. The van der Waals surface area contributed by atoms with Gasteiger partial charge in [-0.05, 0) is 12.6 Å². The van der Waals surface area contributed by atoms with E-state index in [-0.39, 0.29) is 6.04 Å². The number of hydrogen-bond donors (Lipinski definition) is 1. The lowest BCUT2D eigenvalue weighted by atomic mass is 10.0. The molecular formula is C16H16N4S. The molecule has 1 atom stereocenters. The van der Waals surface area contributed by atoms with E-state index in [0.29, 0.717) is 0 Å². The summed E-state index contributed by atoms with van der Waals surface area (Å²) < 4.78 is 0. The highest BCUT2D eigenvalue weighted by molar-refractivity contribution is 7.13. The second kappa shape index (κ2) is 6.56. The largest absolute Gasteiger partial charge is 0.313 e. The zero-order chi connectivity index (χ0) is 14.5. The maximum Gasteiger partial charge on any atom is 0.143 e. The molecule has 2 heterocycles. The van der Waals surface area contributed by atoms with Crippen LogP contribution < -0.4 is 5.32 Å². The fourth-order valence-electron chi connectivity index (χ4n) is 2.21. The van der Waals surface area contributed by atoms with Gasteiger partial charge in [-0.15, -0.1) is 11.3 Å². The number of benzene rings is 1. The number of nitrogens with one attached hydrogen (secondary N) is 1. The Hall–Kier alpha value is -2.11. The van der Waals surface area contributed by atoms with Crippen LogP contribution in [0.1, 0.15) is 17.3 Å². The van der Waals surface area contributed by atoms with E-state index in [0.717, 1.165) is 22.8 Å². The molecule has 0 saturated heterocycles. The van der Waals surface area contributed by atoms with Crippen molar-refractivity contribution in [3.8, 4) is 10.7 Å². The SMILES string of the molecule is CNC(Cc1csc(-c2cnccn2)n1)c1ccccc1. The molecule has 1 aromatic carbocycles. The molecule has 0 spiro atoms. The normalized spacial score (nSPS) is 12.2. The predicted molar refractivity (Wildman–Crippen MR) is 85.1 cm³/mol. The van der Waals surface area contributed by atoms with E-state index in [1.165, 1.54) is 5.56 Å². The van der Waals surface area contributed by atoms with Gasteiger partial charge in [0.2, 0.25) is 0 Å². The molecule has 1 unspecified atom stereocenters. The Balaban J connectivity index is 1.78. The minimum Gasteiger partial charge on any atom is -0.313 e. The molecule has 3 rings (SSSR count). The summed E-state index contributed by atoms with van der Waals surface area (Å²) in [7, 11) is 1.98. The van der Waals surface area contributed by atoms with E-state index in [2.05, 4.69) is 49.9 Å². The molecule has 0 aliphatic carbocycles. The van der Waals surface area contributed by atoms with Crippen LogP contribution >= 0.6 is 11.3 Å². The molecule has 0 radical (unpaired) electrons.